The average Bonchev–Trinajstić information content (AvgIpc) is 1.62. The van der Waals surface area contributed by atoms with E-state index < -0.39 is 52.5 Å². The van der Waals surface area contributed by atoms with E-state index in [0.29, 0.717) is 74.6 Å². The predicted octanol–water partition coefficient (Wildman–Crippen LogP) is 13.9. The lowest BCUT2D eigenvalue weighted by atomic mass is 9.68. The molecule has 5 amide bonds. The number of unbranched alkanes of at least 4 members (excludes halogenated alkanes) is 2. The molecular formula is C76H91F7N8O8. The molecule has 16 nitrogen and oxygen atoms in total. The van der Waals surface area contributed by atoms with Crippen LogP contribution in [0.3, 0.4) is 0 Å². The maximum absolute atomic E-state index is 13.9. The number of fused-ring (bicyclic) bond motifs is 2. The first-order chi connectivity index (χ1) is 47.3. The summed E-state index contributed by atoms with van der Waals surface area (Å²) in [6.07, 6.45) is -1.87. The number of likely N-dealkylation sites (tertiary alicyclic amines) is 2. The number of likely N-dealkylation sites (N-methyl/N-ethyl adjacent to an activating group) is 2. The molecule has 6 aromatic rings. The fourth-order valence-corrected chi connectivity index (χ4v) is 13.8. The molecule has 4 aliphatic rings. The van der Waals surface area contributed by atoms with Crippen molar-refractivity contribution in [2.75, 3.05) is 124 Å². The number of piperidine rings is 2. The molecule has 532 valence electrons. The van der Waals surface area contributed by atoms with Gasteiger partial charge in [-0.25, -0.2) is 9.18 Å². The Bertz CT molecular complexity index is 3630. The van der Waals surface area contributed by atoms with Crippen LogP contribution in [0.5, 0.6) is 0 Å². The van der Waals surface area contributed by atoms with Crippen LogP contribution in [-0.4, -0.2) is 179 Å². The van der Waals surface area contributed by atoms with Crippen molar-refractivity contribution in [1.82, 2.24) is 29.4 Å². The van der Waals surface area contributed by atoms with E-state index in [2.05, 4.69) is 51.6 Å². The second-order valence-corrected chi connectivity index (χ2v) is 26.5. The molecule has 0 saturated carbocycles. The van der Waals surface area contributed by atoms with Gasteiger partial charge in [-0.3, -0.25) is 24.5 Å². The Morgan fingerprint density at radius 1 is 0.657 bits per heavy atom. The van der Waals surface area contributed by atoms with E-state index in [-0.39, 0.29) is 55.2 Å². The van der Waals surface area contributed by atoms with Crippen LogP contribution in [0.2, 0.25) is 0 Å². The first kappa shape index (κ1) is 74.8. The van der Waals surface area contributed by atoms with Crippen LogP contribution in [0, 0.1) is 11.7 Å². The number of carbonyl (C=O) groups excluding carboxylic acids is 5. The molecule has 3 saturated heterocycles. The third-order valence-corrected chi connectivity index (χ3v) is 19.8. The van der Waals surface area contributed by atoms with Crippen molar-refractivity contribution in [2.24, 2.45) is 5.92 Å². The van der Waals surface area contributed by atoms with Crippen LogP contribution < -0.4 is 10.6 Å². The number of para-hydroxylation sites is 1. The smallest absolute Gasteiger partial charge is 0.416 e. The number of amides is 5. The highest BCUT2D eigenvalue weighted by Gasteiger charge is 2.48. The summed E-state index contributed by atoms with van der Waals surface area (Å²) in [5, 5.41) is 6.33. The van der Waals surface area contributed by atoms with Crippen LogP contribution in [0.4, 0.5) is 46.9 Å². The van der Waals surface area contributed by atoms with Gasteiger partial charge in [0.2, 0.25) is 11.8 Å². The predicted molar refractivity (Wildman–Crippen MR) is 366 cm³/mol. The van der Waals surface area contributed by atoms with Crippen LogP contribution >= 0.6 is 0 Å². The van der Waals surface area contributed by atoms with E-state index in [1.165, 1.54) is 42.5 Å². The zero-order valence-corrected chi connectivity index (χ0v) is 57.1. The molecule has 2 atom stereocenters. The lowest BCUT2D eigenvalue weighted by Gasteiger charge is -2.44. The van der Waals surface area contributed by atoms with Gasteiger partial charge in [0.05, 0.1) is 23.4 Å². The molecule has 0 unspecified atom stereocenters. The van der Waals surface area contributed by atoms with Gasteiger partial charge < -0.3 is 48.9 Å². The highest BCUT2D eigenvalue weighted by molar-refractivity contribution is 5.95. The Balaban J connectivity index is 0.000000235. The van der Waals surface area contributed by atoms with Gasteiger partial charge in [0.25, 0.3) is 11.8 Å². The number of nitrogens with one attached hydrogen (secondary N) is 2. The van der Waals surface area contributed by atoms with Crippen molar-refractivity contribution < 1.29 is 68.9 Å². The first-order valence-corrected chi connectivity index (χ1v) is 34.0. The molecule has 6 aromatic carbocycles. The number of hydrogen-bond donors (Lipinski definition) is 2. The molecule has 0 bridgehead atoms. The molecule has 3 heterocycles. The van der Waals surface area contributed by atoms with Crippen molar-refractivity contribution in [3.8, 4) is 11.1 Å². The normalized spacial score (nSPS) is 17.9. The van der Waals surface area contributed by atoms with Crippen LogP contribution in [0.15, 0.2) is 146 Å². The lowest BCUT2D eigenvalue weighted by Crippen LogP contribution is -2.46. The van der Waals surface area contributed by atoms with Gasteiger partial charge in [-0.15, -0.1) is 0 Å². The maximum atomic E-state index is 13.9. The van der Waals surface area contributed by atoms with Gasteiger partial charge >= 0.3 is 18.4 Å². The Hall–Kier alpha value is -8.38. The van der Waals surface area contributed by atoms with E-state index in [1.54, 1.807) is 23.9 Å². The number of halogens is 7. The molecule has 1 spiro atoms. The summed E-state index contributed by atoms with van der Waals surface area (Å²) in [7, 11) is 6.87. The number of benzene rings is 6. The van der Waals surface area contributed by atoms with Gasteiger partial charge in [-0.1, -0.05) is 98.3 Å². The van der Waals surface area contributed by atoms with Crippen LogP contribution in [-0.2, 0) is 53.6 Å². The number of hydrogen-bond acceptors (Lipinski definition) is 11. The summed E-state index contributed by atoms with van der Waals surface area (Å²) < 4.78 is 112. The largest absolute Gasteiger partial charge is 0.446 e. The number of ether oxygens (including phenoxy) is 3. The molecule has 3 aliphatic heterocycles. The van der Waals surface area contributed by atoms with Gasteiger partial charge in [0.15, 0.2) is 0 Å². The zero-order chi connectivity index (χ0) is 70.9. The lowest BCUT2D eigenvalue weighted by molar-refractivity contribution is -0.143. The summed E-state index contributed by atoms with van der Waals surface area (Å²) in [5.74, 6) is -0.940. The van der Waals surface area contributed by atoms with Crippen LogP contribution in [0.25, 0.3) is 11.1 Å². The Morgan fingerprint density at radius 3 is 1.96 bits per heavy atom. The molecule has 0 aromatic heterocycles. The summed E-state index contributed by atoms with van der Waals surface area (Å²) in [6, 6.07) is 40.2. The topological polar surface area (TPSA) is 157 Å². The van der Waals surface area contributed by atoms with Crippen molar-refractivity contribution in [3.63, 3.8) is 0 Å². The molecule has 1 aliphatic carbocycles. The van der Waals surface area contributed by atoms with Crippen molar-refractivity contribution >= 4 is 41.1 Å². The fraction of sp³-hybridized carbons (Fsp3) is 0.461. The number of anilines is 2. The quantitative estimate of drug-likeness (QED) is 0.0415. The fourth-order valence-electron chi connectivity index (χ4n) is 13.8. The van der Waals surface area contributed by atoms with Crippen molar-refractivity contribution in [1.29, 1.82) is 0 Å². The van der Waals surface area contributed by atoms with Crippen molar-refractivity contribution in [2.45, 2.75) is 107 Å². The maximum Gasteiger partial charge on any atom is 0.416 e. The van der Waals surface area contributed by atoms with E-state index in [0.717, 1.165) is 118 Å². The minimum absolute atomic E-state index is 0.00621. The van der Waals surface area contributed by atoms with Gasteiger partial charge in [0.1, 0.15) is 30.9 Å². The number of nitrogens with zero attached hydrogens (tertiary/aromatic N) is 6. The minimum Gasteiger partial charge on any atom is -0.446 e. The average molecular weight is 1380 g/mol. The van der Waals surface area contributed by atoms with Gasteiger partial charge in [0, 0.05) is 115 Å². The second-order valence-electron chi connectivity index (χ2n) is 26.5. The van der Waals surface area contributed by atoms with Gasteiger partial charge in [-0.05, 0) is 160 Å². The molecular weight excluding hydrogens is 1290 g/mol. The highest BCUT2D eigenvalue weighted by Crippen LogP contribution is 2.50. The number of alkyl halides is 6. The first-order valence-electron chi connectivity index (χ1n) is 34.0. The summed E-state index contributed by atoms with van der Waals surface area (Å²) in [5.41, 5.74) is 2.82. The Labute approximate surface area is 575 Å². The molecule has 0 radical (unpaired) electrons. The molecule has 23 heteroatoms. The van der Waals surface area contributed by atoms with Crippen molar-refractivity contribution in [3.05, 3.63) is 190 Å². The van der Waals surface area contributed by atoms with E-state index in [9.17, 15) is 54.7 Å². The molecule has 10 rings (SSSR count). The summed E-state index contributed by atoms with van der Waals surface area (Å²) in [6.45, 7) is 9.16. The standard InChI is InChI=1S/C42H58N6O6.C34H33F7N2O2/c1-45(40(50)32-53-4)26-13-27-47(3)41(51)34-19-21-35(22-20-34)43-25-12-6-9-18-39(49)46(2)30-31-48-28-23-36(24-29-48)54-42(52)44-38-17-11-10-16-37(38)33-14-7-5-8-15-33;1-22-16-23-4-2-3-5-29(23)31(22)10-13-42(14-11-31)15-12-32(25-6-8-28(35)9-7-25)20-43(21-45-32)30(44)24-17-26(33(36,37)38)19-27(18-24)34(39,40)41/h5,7-8,10-11,14-17,19-22,36,43H,6,9,12-13,18,23-32H2,1-4H3,(H,44,52);2-9,17-19,22H,10-16,20-21H2,1H3/t;22-,32-/m.0/s1. The second kappa shape index (κ2) is 34.1. The third kappa shape index (κ3) is 20.0. The summed E-state index contributed by atoms with van der Waals surface area (Å²) in [4.78, 5) is 74.4. The number of carbonyl (C=O) groups is 5. The monoisotopic (exact) mass is 1380 g/mol. The molecule has 3 fully saturated rings. The zero-order valence-electron chi connectivity index (χ0n) is 57.1. The third-order valence-electron chi connectivity index (χ3n) is 19.8. The number of methoxy groups -OCH3 is 1. The van der Waals surface area contributed by atoms with E-state index in [4.69, 9.17) is 14.2 Å². The molecule has 2 N–H and O–H groups in total. The Morgan fingerprint density at radius 2 is 1.28 bits per heavy atom. The highest BCUT2D eigenvalue weighted by atomic mass is 19.4. The van der Waals surface area contributed by atoms with E-state index >= 15 is 0 Å². The van der Waals surface area contributed by atoms with Crippen LogP contribution in [0.1, 0.15) is 120 Å². The minimum atomic E-state index is -5.08. The molecule has 99 heavy (non-hydrogen) atoms. The summed E-state index contributed by atoms with van der Waals surface area (Å²) >= 11 is 0. The number of rotatable bonds is 25. The van der Waals surface area contributed by atoms with E-state index in [1.807, 2.05) is 90.8 Å². The SMILES string of the molecule is COCC(=O)N(C)CCCN(C)C(=O)c1ccc(NCCCCCC(=O)N(C)CCN2CCC(OC(=O)Nc3ccccc3-c3ccccc3)CC2)cc1.C[C@H]1Cc2ccccc2C12CCN(CC[C@@]1(c3ccc(F)cc3)CN(C(=O)c3cc(C(F)(F)F)cc(C(F)(F)F)c3)CO1)CC2. The Kier molecular flexibility index (Phi) is 25.8. The van der Waals surface area contributed by atoms with Gasteiger partial charge in [-0.2, -0.15) is 26.3 Å².